The zero-order valence-electron chi connectivity index (χ0n) is 11.8. The molecule has 106 valence electrons. The van der Waals surface area contributed by atoms with E-state index in [1.165, 1.54) is 0 Å². The standard InChI is InChI=1S/C16H19NO2S/c1-10(2)14-17-13-11(6-5-7-12(13)20-14)16(15(18)19)8-3-4-9-16/h5-7,10H,3-4,8-9H2,1-2H3,(H,18,19). The molecule has 0 radical (unpaired) electrons. The number of nitrogens with zero attached hydrogens (tertiary/aromatic N) is 1. The maximum Gasteiger partial charge on any atom is 0.314 e. The quantitative estimate of drug-likeness (QED) is 0.915. The van der Waals surface area contributed by atoms with Crippen molar-refractivity contribution in [2.24, 2.45) is 0 Å². The summed E-state index contributed by atoms with van der Waals surface area (Å²) in [5, 5.41) is 10.9. The van der Waals surface area contributed by atoms with Gasteiger partial charge >= 0.3 is 5.97 Å². The Labute approximate surface area is 122 Å². The molecule has 1 aliphatic carbocycles. The molecular weight excluding hydrogens is 270 g/mol. The van der Waals surface area contributed by atoms with Gasteiger partial charge in [-0.15, -0.1) is 11.3 Å². The highest BCUT2D eigenvalue weighted by atomic mass is 32.1. The second-order valence-corrected chi connectivity index (χ2v) is 7.02. The zero-order chi connectivity index (χ0) is 14.3. The van der Waals surface area contributed by atoms with Crippen molar-refractivity contribution < 1.29 is 9.90 Å². The van der Waals surface area contributed by atoms with Crippen LogP contribution in [0, 0.1) is 0 Å². The summed E-state index contributed by atoms with van der Waals surface area (Å²) < 4.78 is 1.11. The number of hydrogen-bond acceptors (Lipinski definition) is 3. The van der Waals surface area contributed by atoms with Crippen molar-refractivity contribution in [2.75, 3.05) is 0 Å². The first kappa shape index (κ1) is 13.6. The third kappa shape index (κ3) is 1.94. The van der Waals surface area contributed by atoms with Gasteiger partial charge in [-0.3, -0.25) is 4.79 Å². The minimum Gasteiger partial charge on any atom is -0.481 e. The fourth-order valence-electron chi connectivity index (χ4n) is 3.18. The van der Waals surface area contributed by atoms with Crippen LogP contribution in [-0.2, 0) is 10.2 Å². The molecule has 3 nitrogen and oxygen atoms in total. The Kier molecular flexibility index (Phi) is 3.28. The first-order valence-electron chi connectivity index (χ1n) is 7.18. The highest BCUT2D eigenvalue weighted by Gasteiger charge is 2.44. The van der Waals surface area contributed by atoms with Crippen LogP contribution in [0.3, 0.4) is 0 Å². The van der Waals surface area contributed by atoms with Crippen molar-refractivity contribution in [2.45, 2.75) is 50.9 Å². The molecule has 1 aromatic heterocycles. The van der Waals surface area contributed by atoms with Gasteiger partial charge in [-0.05, 0) is 24.5 Å². The second-order valence-electron chi connectivity index (χ2n) is 5.95. The molecule has 0 spiro atoms. The molecule has 1 aromatic carbocycles. The summed E-state index contributed by atoms with van der Waals surface area (Å²) in [6.07, 6.45) is 3.44. The molecule has 0 atom stereocenters. The first-order chi connectivity index (χ1) is 9.54. The zero-order valence-corrected chi connectivity index (χ0v) is 12.7. The van der Waals surface area contributed by atoms with Crippen molar-refractivity contribution in [3.05, 3.63) is 28.8 Å². The molecule has 2 aromatic rings. The van der Waals surface area contributed by atoms with Gasteiger partial charge in [-0.2, -0.15) is 0 Å². The van der Waals surface area contributed by atoms with E-state index in [2.05, 4.69) is 13.8 Å². The number of aromatic nitrogens is 1. The molecule has 0 saturated heterocycles. The van der Waals surface area contributed by atoms with E-state index in [-0.39, 0.29) is 0 Å². The lowest BCUT2D eigenvalue weighted by atomic mass is 9.78. The van der Waals surface area contributed by atoms with Crippen molar-refractivity contribution >= 4 is 27.5 Å². The number of carboxylic acid groups (broad SMARTS) is 1. The van der Waals surface area contributed by atoms with Gasteiger partial charge in [-0.1, -0.05) is 38.8 Å². The topological polar surface area (TPSA) is 50.2 Å². The number of carboxylic acids is 1. The average Bonchev–Trinajstić information content (AvgIpc) is 3.05. The van der Waals surface area contributed by atoms with E-state index < -0.39 is 11.4 Å². The molecular formula is C16H19NO2S. The lowest BCUT2D eigenvalue weighted by Gasteiger charge is -2.24. The Morgan fingerprint density at radius 2 is 2.05 bits per heavy atom. The van der Waals surface area contributed by atoms with Gasteiger partial charge in [0.2, 0.25) is 0 Å². The first-order valence-corrected chi connectivity index (χ1v) is 7.99. The van der Waals surface area contributed by atoms with Gasteiger partial charge in [0.05, 0.1) is 20.6 Å². The van der Waals surface area contributed by atoms with Crippen LogP contribution in [0.15, 0.2) is 18.2 Å². The Balaban J connectivity index is 2.22. The van der Waals surface area contributed by atoms with Gasteiger partial charge in [0.1, 0.15) is 0 Å². The highest BCUT2D eigenvalue weighted by Crippen LogP contribution is 2.44. The maximum absolute atomic E-state index is 11.9. The predicted molar refractivity (Wildman–Crippen MR) is 81.5 cm³/mol. The van der Waals surface area contributed by atoms with Crippen LogP contribution in [0.1, 0.15) is 56.0 Å². The summed E-state index contributed by atoms with van der Waals surface area (Å²) in [6.45, 7) is 4.25. The van der Waals surface area contributed by atoms with Gasteiger partial charge in [0, 0.05) is 5.92 Å². The summed E-state index contributed by atoms with van der Waals surface area (Å²) in [5.41, 5.74) is 1.11. The van der Waals surface area contributed by atoms with E-state index in [1.807, 2.05) is 18.2 Å². The maximum atomic E-state index is 11.9. The average molecular weight is 289 g/mol. The van der Waals surface area contributed by atoms with Crippen molar-refractivity contribution in [3.63, 3.8) is 0 Å². The molecule has 20 heavy (non-hydrogen) atoms. The smallest absolute Gasteiger partial charge is 0.314 e. The fourth-order valence-corrected chi connectivity index (χ4v) is 4.17. The van der Waals surface area contributed by atoms with E-state index in [0.717, 1.165) is 46.5 Å². The number of thiazole rings is 1. The number of rotatable bonds is 3. The fraction of sp³-hybridized carbons (Fsp3) is 0.500. The summed E-state index contributed by atoms with van der Waals surface area (Å²) in [7, 11) is 0. The summed E-state index contributed by atoms with van der Waals surface area (Å²) in [6, 6.07) is 5.99. The minimum absolute atomic E-state index is 0.379. The van der Waals surface area contributed by atoms with Crippen LogP contribution in [0.4, 0.5) is 0 Å². The summed E-state index contributed by atoms with van der Waals surface area (Å²) in [4.78, 5) is 16.6. The third-order valence-corrected chi connectivity index (χ3v) is 5.63. The van der Waals surface area contributed by atoms with Crippen molar-refractivity contribution in [1.82, 2.24) is 4.98 Å². The molecule has 0 aliphatic heterocycles. The Morgan fingerprint density at radius 1 is 1.35 bits per heavy atom. The largest absolute Gasteiger partial charge is 0.481 e. The van der Waals surface area contributed by atoms with E-state index in [9.17, 15) is 9.90 Å². The van der Waals surface area contributed by atoms with E-state index in [4.69, 9.17) is 4.98 Å². The predicted octanol–water partition coefficient (Wildman–Crippen LogP) is 4.32. The minimum atomic E-state index is -0.720. The molecule has 0 bridgehead atoms. The molecule has 1 heterocycles. The molecule has 1 aliphatic rings. The van der Waals surface area contributed by atoms with Crippen molar-refractivity contribution in [1.29, 1.82) is 0 Å². The molecule has 1 saturated carbocycles. The van der Waals surface area contributed by atoms with E-state index in [1.54, 1.807) is 11.3 Å². The molecule has 0 amide bonds. The lowest BCUT2D eigenvalue weighted by Crippen LogP contribution is -2.32. The summed E-state index contributed by atoms with van der Waals surface area (Å²) in [5.74, 6) is -0.314. The van der Waals surface area contributed by atoms with Crippen LogP contribution in [0.5, 0.6) is 0 Å². The van der Waals surface area contributed by atoms with E-state index in [0.29, 0.717) is 5.92 Å². The Morgan fingerprint density at radius 3 is 2.65 bits per heavy atom. The van der Waals surface area contributed by atoms with Gasteiger partial charge in [0.15, 0.2) is 0 Å². The number of hydrogen-bond donors (Lipinski definition) is 1. The van der Waals surface area contributed by atoms with Crippen LogP contribution in [0.2, 0.25) is 0 Å². The second kappa shape index (κ2) is 4.85. The number of fused-ring (bicyclic) bond motifs is 1. The van der Waals surface area contributed by atoms with Gasteiger partial charge in [-0.25, -0.2) is 4.98 Å². The van der Waals surface area contributed by atoms with Gasteiger partial charge < -0.3 is 5.11 Å². The number of carbonyl (C=O) groups is 1. The lowest BCUT2D eigenvalue weighted by molar-refractivity contribution is -0.143. The van der Waals surface area contributed by atoms with Crippen LogP contribution in [-0.4, -0.2) is 16.1 Å². The number of para-hydroxylation sites is 1. The highest BCUT2D eigenvalue weighted by molar-refractivity contribution is 7.18. The van der Waals surface area contributed by atoms with Crippen LogP contribution in [0.25, 0.3) is 10.2 Å². The molecule has 0 unspecified atom stereocenters. The normalized spacial score (nSPS) is 17.9. The number of benzene rings is 1. The molecule has 1 fully saturated rings. The van der Waals surface area contributed by atoms with Gasteiger partial charge in [0.25, 0.3) is 0 Å². The molecule has 4 heteroatoms. The molecule has 1 N–H and O–H groups in total. The Hall–Kier alpha value is -1.42. The van der Waals surface area contributed by atoms with Crippen LogP contribution < -0.4 is 0 Å². The number of aliphatic carboxylic acids is 1. The monoisotopic (exact) mass is 289 g/mol. The summed E-state index contributed by atoms with van der Waals surface area (Å²) >= 11 is 1.68. The van der Waals surface area contributed by atoms with Crippen LogP contribution >= 0.6 is 11.3 Å². The Bertz CT molecular complexity index is 654. The van der Waals surface area contributed by atoms with Crippen molar-refractivity contribution in [3.8, 4) is 0 Å². The third-order valence-electron chi connectivity index (χ3n) is 4.31. The SMILES string of the molecule is CC(C)c1nc2c(C3(C(=O)O)CCCC3)cccc2s1. The molecule has 3 rings (SSSR count). The van der Waals surface area contributed by atoms with E-state index >= 15 is 0 Å².